The van der Waals surface area contributed by atoms with Crippen LogP contribution in [0.2, 0.25) is 0 Å². The molecule has 1 aliphatic carbocycles. The molecule has 0 saturated carbocycles. The van der Waals surface area contributed by atoms with Gasteiger partial charge in [-0.15, -0.1) is 11.3 Å². The molecule has 1 aliphatic rings. The van der Waals surface area contributed by atoms with Gasteiger partial charge in [0, 0.05) is 16.0 Å². The minimum Gasteiger partial charge on any atom is -0.289 e. The Morgan fingerprint density at radius 3 is 2.88 bits per heavy atom. The van der Waals surface area contributed by atoms with Crippen molar-refractivity contribution in [3.8, 4) is 0 Å². The second-order valence-electron chi connectivity index (χ2n) is 4.28. The number of benzene rings is 1. The monoisotopic (exact) mass is 228 g/mol. The van der Waals surface area contributed by atoms with E-state index in [1.807, 2.05) is 29.6 Å². The van der Waals surface area contributed by atoms with Crippen molar-refractivity contribution in [3.05, 3.63) is 57.3 Å². The lowest BCUT2D eigenvalue weighted by Crippen LogP contribution is -2.03. The molecule has 2 heteroatoms. The standard InChI is InChI=1S/C14H12OS/c1-9-8-13-12(6-7-16-13)14(15)11-5-3-2-4-10(9)11/h2-7,9H,8H2,1H3. The Balaban J connectivity index is 2.26. The molecule has 0 radical (unpaired) electrons. The Morgan fingerprint density at radius 2 is 2.00 bits per heavy atom. The van der Waals surface area contributed by atoms with Crippen LogP contribution in [0.25, 0.3) is 0 Å². The highest BCUT2D eigenvalue weighted by molar-refractivity contribution is 7.10. The number of thiophene rings is 1. The number of hydrogen-bond acceptors (Lipinski definition) is 2. The summed E-state index contributed by atoms with van der Waals surface area (Å²) in [4.78, 5) is 13.6. The lowest BCUT2D eigenvalue weighted by atomic mass is 9.94. The average Bonchev–Trinajstić information content (AvgIpc) is 2.72. The summed E-state index contributed by atoms with van der Waals surface area (Å²) in [5.41, 5.74) is 2.98. The first-order chi connectivity index (χ1) is 7.77. The molecule has 0 fully saturated rings. The zero-order valence-electron chi connectivity index (χ0n) is 9.07. The normalized spacial score (nSPS) is 18.8. The van der Waals surface area contributed by atoms with Crippen LogP contribution in [0.1, 0.15) is 39.2 Å². The van der Waals surface area contributed by atoms with Gasteiger partial charge in [-0.3, -0.25) is 4.79 Å². The minimum atomic E-state index is 0.191. The van der Waals surface area contributed by atoms with Crippen molar-refractivity contribution in [1.82, 2.24) is 0 Å². The van der Waals surface area contributed by atoms with E-state index in [9.17, 15) is 4.79 Å². The van der Waals surface area contributed by atoms with E-state index >= 15 is 0 Å². The molecular formula is C14H12OS. The molecule has 1 aromatic carbocycles. The summed E-state index contributed by atoms with van der Waals surface area (Å²) in [5.74, 6) is 0.622. The maximum absolute atomic E-state index is 12.3. The van der Waals surface area contributed by atoms with Crippen LogP contribution in [0.5, 0.6) is 0 Å². The number of carbonyl (C=O) groups is 1. The predicted octanol–water partition coefficient (Wildman–Crippen LogP) is 3.64. The van der Waals surface area contributed by atoms with Gasteiger partial charge in [-0.25, -0.2) is 0 Å². The van der Waals surface area contributed by atoms with E-state index < -0.39 is 0 Å². The van der Waals surface area contributed by atoms with E-state index in [2.05, 4.69) is 13.0 Å². The van der Waals surface area contributed by atoms with Crippen LogP contribution < -0.4 is 0 Å². The fourth-order valence-electron chi connectivity index (χ4n) is 2.37. The molecule has 16 heavy (non-hydrogen) atoms. The number of carbonyl (C=O) groups excluding carboxylic acids is 1. The smallest absolute Gasteiger partial charge is 0.194 e. The summed E-state index contributed by atoms with van der Waals surface area (Å²) in [5, 5.41) is 2.02. The molecule has 3 rings (SSSR count). The summed E-state index contributed by atoms with van der Waals surface area (Å²) >= 11 is 1.70. The van der Waals surface area contributed by atoms with E-state index in [1.54, 1.807) is 11.3 Å². The quantitative estimate of drug-likeness (QED) is 0.673. The average molecular weight is 228 g/mol. The van der Waals surface area contributed by atoms with E-state index in [-0.39, 0.29) is 5.78 Å². The molecule has 0 spiro atoms. The summed E-state index contributed by atoms with van der Waals surface area (Å²) in [7, 11) is 0. The van der Waals surface area contributed by atoms with Gasteiger partial charge < -0.3 is 0 Å². The van der Waals surface area contributed by atoms with Gasteiger partial charge in [-0.1, -0.05) is 31.2 Å². The minimum absolute atomic E-state index is 0.191. The SMILES string of the molecule is CC1Cc2sccc2C(=O)c2ccccc21. The van der Waals surface area contributed by atoms with E-state index in [1.165, 1.54) is 10.4 Å². The van der Waals surface area contributed by atoms with Gasteiger partial charge in [0.25, 0.3) is 0 Å². The van der Waals surface area contributed by atoms with E-state index in [4.69, 9.17) is 0 Å². The first kappa shape index (κ1) is 9.79. The van der Waals surface area contributed by atoms with Gasteiger partial charge in [-0.2, -0.15) is 0 Å². The van der Waals surface area contributed by atoms with Crippen LogP contribution in [0.4, 0.5) is 0 Å². The second kappa shape index (κ2) is 3.56. The van der Waals surface area contributed by atoms with Gasteiger partial charge in [0.05, 0.1) is 0 Å². The maximum atomic E-state index is 12.3. The van der Waals surface area contributed by atoms with Gasteiger partial charge in [0.15, 0.2) is 5.78 Å². The third-order valence-electron chi connectivity index (χ3n) is 3.22. The molecule has 0 bridgehead atoms. The molecule has 80 valence electrons. The third kappa shape index (κ3) is 1.34. The van der Waals surface area contributed by atoms with Gasteiger partial charge in [0.1, 0.15) is 0 Å². The van der Waals surface area contributed by atoms with Crippen LogP contribution in [-0.2, 0) is 6.42 Å². The van der Waals surface area contributed by atoms with Crippen molar-refractivity contribution < 1.29 is 4.79 Å². The molecule has 1 aromatic heterocycles. The van der Waals surface area contributed by atoms with Crippen molar-refractivity contribution in [2.24, 2.45) is 0 Å². The highest BCUT2D eigenvalue weighted by atomic mass is 32.1. The Hall–Kier alpha value is -1.41. The van der Waals surface area contributed by atoms with Crippen molar-refractivity contribution in [2.45, 2.75) is 19.3 Å². The summed E-state index contributed by atoms with van der Waals surface area (Å²) < 4.78 is 0. The molecule has 1 atom stereocenters. The Morgan fingerprint density at radius 1 is 1.19 bits per heavy atom. The Bertz CT molecular complexity index is 553. The van der Waals surface area contributed by atoms with Gasteiger partial charge in [-0.05, 0) is 29.3 Å². The summed E-state index contributed by atoms with van der Waals surface area (Å²) in [6.07, 6.45) is 0.982. The first-order valence-electron chi connectivity index (χ1n) is 5.47. The Labute approximate surface area is 98.7 Å². The molecule has 0 saturated heterocycles. The largest absolute Gasteiger partial charge is 0.289 e. The zero-order valence-corrected chi connectivity index (χ0v) is 9.88. The third-order valence-corrected chi connectivity index (χ3v) is 4.16. The lowest BCUT2D eigenvalue weighted by Gasteiger charge is -2.10. The topological polar surface area (TPSA) is 17.1 Å². The Kier molecular flexibility index (Phi) is 2.18. The number of ketones is 1. The van der Waals surface area contributed by atoms with Crippen molar-refractivity contribution in [3.63, 3.8) is 0 Å². The first-order valence-corrected chi connectivity index (χ1v) is 6.35. The highest BCUT2D eigenvalue weighted by Crippen LogP contribution is 2.33. The summed E-state index contributed by atoms with van der Waals surface area (Å²) in [6.45, 7) is 2.20. The second-order valence-corrected chi connectivity index (χ2v) is 5.28. The van der Waals surface area contributed by atoms with Crippen LogP contribution in [0.15, 0.2) is 35.7 Å². The van der Waals surface area contributed by atoms with Crippen molar-refractivity contribution >= 4 is 17.1 Å². The van der Waals surface area contributed by atoms with Crippen LogP contribution in [0, 0.1) is 0 Å². The van der Waals surface area contributed by atoms with Crippen molar-refractivity contribution in [2.75, 3.05) is 0 Å². The molecule has 1 nitrogen and oxygen atoms in total. The maximum Gasteiger partial charge on any atom is 0.194 e. The number of hydrogen-bond donors (Lipinski definition) is 0. The molecule has 0 amide bonds. The number of rotatable bonds is 0. The molecule has 1 unspecified atom stereocenters. The zero-order chi connectivity index (χ0) is 11.1. The lowest BCUT2D eigenvalue weighted by molar-refractivity contribution is 0.103. The fourth-order valence-corrected chi connectivity index (χ4v) is 3.37. The highest BCUT2D eigenvalue weighted by Gasteiger charge is 2.25. The van der Waals surface area contributed by atoms with Crippen molar-refractivity contribution in [1.29, 1.82) is 0 Å². The predicted molar refractivity (Wildman–Crippen MR) is 66.3 cm³/mol. The number of fused-ring (bicyclic) bond motifs is 2. The molecule has 0 aliphatic heterocycles. The van der Waals surface area contributed by atoms with E-state index in [0.717, 1.165) is 17.5 Å². The summed E-state index contributed by atoms with van der Waals surface area (Å²) in [6, 6.07) is 9.94. The van der Waals surface area contributed by atoms with Gasteiger partial charge in [0.2, 0.25) is 0 Å². The van der Waals surface area contributed by atoms with Crippen LogP contribution >= 0.6 is 11.3 Å². The van der Waals surface area contributed by atoms with Gasteiger partial charge >= 0.3 is 0 Å². The fraction of sp³-hybridized carbons (Fsp3) is 0.214. The molecule has 0 N–H and O–H groups in total. The molecular weight excluding hydrogens is 216 g/mol. The van der Waals surface area contributed by atoms with Crippen LogP contribution in [0.3, 0.4) is 0 Å². The molecule has 1 heterocycles. The molecule has 2 aromatic rings. The van der Waals surface area contributed by atoms with E-state index in [0.29, 0.717) is 5.92 Å². The van der Waals surface area contributed by atoms with Crippen LogP contribution in [-0.4, -0.2) is 5.78 Å².